The molecule has 1 saturated heterocycles. The van der Waals surface area contributed by atoms with Crippen LogP contribution in [0.15, 0.2) is 16.5 Å². The van der Waals surface area contributed by atoms with Gasteiger partial charge in [-0.25, -0.2) is 4.79 Å². The van der Waals surface area contributed by atoms with Crippen molar-refractivity contribution in [1.82, 2.24) is 4.90 Å². The lowest BCUT2D eigenvalue weighted by atomic mass is 9.95. The highest BCUT2D eigenvalue weighted by atomic mass is 16.5. The van der Waals surface area contributed by atoms with Crippen LogP contribution in [0, 0.1) is 5.92 Å². The van der Waals surface area contributed by atoms with Gasteiger partial charge in [-0.3, -0.25) is 4.90 Å². The molecular weight excluding hydrogens is 246 g/mol. The zero-order chi connectivity index (χ0) is 14.0. The van der Waals surface area contributed by atoms with Crippen LogP contribution in [0.4, 0.5) is 0 Å². The highest BCUT2D eigenvalue weighted by Gasteiger charge is 2.29. The second-order valence-corrected chi connectivity index (χ2v) is 5.20. The van der Waals surface area contributed by atoms with Crippen molar-refractivity contribution in [3.8, 4) is 0 Å². The van der Waals surface area contributed by atoms with Gasteiger partial charge in [-0.2, -0.15) is 0 Å². The molecule has 5 nitrogen and oxygen atoms in total. The first-order valence-corrected chi connectivity index (χ1v) is 6.63. The Labute approximate surface area is 113 Å². The van der Waals surface area contributed by atoms with E-state index in [0.29, 0.717) is 12.5 Å². The number of rotatable bonds is 3. The van der Waals surface area contributed by atoms with E-state index < -0.39 is 5.97 Å². The van der Waals surface area contributed by atoms with Crippen LogP contribution in [0.5, 0.6) is 0 Å². The van der Waals surface area contributed by atoms with Crippen LogP contribution in [-0.4, -0.2) is 42.3 Å². The number of hydrogen-bond acceptors (Lipinski definition) is 5. The molecule has 5 heteroatoms. The Morgan fingerprint density at radius 1 is 1.58 bits per heavy atom. The summed E-state index contributed by atoms with van der Waals surface area (Å²) >= 11 is 0. The summed E-state index contributed by atoms with van der Waals surface area (Å²) in [6.07, 6.45) is 0.669. The van der Waals surface area contributed by atoms with Gasteiger partial charge in [-0.05, 0) is 37.9 Å². The van der Waals surface area contributed by atoms with Crippen LogP contribution in [-0.2, 0) is 4.74 Å². The number of nitrogens with zero attached hydrogens (tertiary/aromatic N) is 1. The maximum Gasteiger partial charge on any atom is 0.373 e. The van der Waals surface area contributed by atoms with Crippen molar-refractivity contribution >= 4 is 5.97 Å². The Morgan fingerprint density at radius 3 is 2.95 bits per heavy atom. The normalized spacial score (nSPS) is 26.1. The topological polar surface area (TPSA) is 62.9 Å². The molecule has 1 aliphatic heterocycles. The van der Waals surface area contributed by atoms with Crippen molar-refractivity contribution < 1.29 is 19.1 Å². The van der Waals surface area contributed by atoms with Gasteiger partial charge in [0.2, 0.25) is 5.76 Å². The molecule has 1 aromatic heterocycles. The lowest BCUT2D eigenvalue weighted by Gasteiger charge is -2.37. The van der Waals surface area contributed by atoms with Crippen molar-refractivity contribution in [2.75, 3.05) is 20.2 Å². The van der Waals surface area contributed by atoms with Crippen LogP contribution < -0.4 is 0 Å². The molecular formula is C14H21NO4. The van der Waals surface area contributed by atoms with E-state index in [1.807, 2.05) is 6.92 Å². The number of carbonyl (C=O) groups excluding carboxylic acids is 1. The fourth-order valence-corrected chi connectivity index (χ4v) is 2.39. The molecule has 1 N–H and O–H groups in total. The third kappa shape index (κ3) is 2.98. The third-order valence-electron chi connectivity index (χ3n) is 3.92. The van der Waals surface area contributed by atoms with Crippen LogP contribution >= 0.6 is 0 Å². The van der Waals surface area contributed by atoms with E-state index in [0.717, 1.165) is 18.7 Å². The lowest BCUT2D eigenvalue weighted by molar-refractivity contribution is 0.00867. The third-order valence-corrected chi connectivity index (χ3v) is 3.92. The SMILES string of the molecule is COC(=O)c1ccc([C@H](C)N2CC[C@H](C)[C@H](O)C2)o1. The summed E-state index contributed by atoms with van der Waals surface area (Å²) in [5, 5.41) is 9.93. The average Bonchev–Trinajstić information content (AvgIpc) is 2.89. The number of methoxy groups -OCH3 is 1. The minimum atomic E-state index is -0.467. The smallest absolute Gasteiger partial charge is 0.373 e. The molecule has 0 aromatic carbocycles. The van der Waals surface area contributed by atoms with Crippen molar-refractivity contribution in [3.05, 3.63) is 23.7 Å². The number of esters is 1. The van der Waals surface area contributed by atoms with Crippen molar-refractivity contribution in [2.24, 2.45) is 5.92 Å². The van der Waals surface area contributed by atoms with Gasteiger partial charge in [-0.1, -0.05) is 6.92 Å². The Bertz CT molecular complexity index is 442. The number of aliphatic hydroxyl groups excluding tert-OH is 1. The molecule has 0 radical (unpaired) electrons. The molecule has 1 aliphatic rings. The molecule has 0 amide bonds. The van der Waals surface area contributed by atoms with Crippen molar-refractivity contribution in [3.63, 3.8) is 0 Å². The summed E-state index contributed by atoms with van der Waals surface area (Å²) in [4.78, 5) is 13.5. The van der Waals surface area contributed by atoms with Gasteiger partial charge in [0, 0.05) is 6.54 Å². The van der Waals surface area contributed by atoms with Gasteiger partial charge >= 0.3 is 5.97 Å². The molecule has 1 aromatic rings. The summed E-state index contributed by atoms with van der Waals surface area (Å²) in [6.45, 7) is 5.64. The first-order valence-electron chi connectivity index (χ1n) is 6.63. The standard InChI is InChI=1S/C14H21NO4/c1-9-6-7-15(8-11(9)16)10(2)12-4-5-13(19-12)14(17)18-3/h4-5,9-11,16H,6-8H2,1-3H3/t9-,10-,11+/m0/s1. The Balaban J connectivity index is 2.05. The number of piperidine rings is 1. The fourth-order valence-electron chi connectivity index (χ4n) is 2.39. The first-order chi connectivity index (χ1) is 9.02. The molecule has 1 fully saturated rings. The Hall–Kier alpha value is -1.33. The summed E-state index contributed by atoms with van der Waals surface area (Å²) in [5.41, 5.74) is 0. The van der Waals surface area contributed by atoms with Gasteiger partial charge in [0.1, 0.15) is 5.76 Å². The van der Waals surface area contributed by atoms with E-state index in [9.17, 15) is 9.90 Å². The van der Waals surface area contributed by atoms with Gasteiger partial charge in [0.05, 0.1) is 19.3 Å². The molecule has 0 bridgehead atoms. The number of furan rings is 1. The lowest BCUT2D eigenvalue weighted by Crippen LogP contribution is -2.43. The van der Waals surface area contributed by atoms with E-state index in [2.05, 4.69) is 16.6 Å². The minimum Gasteiger partial charge on any atom is -0.463 e. The largest absolute Gasteiger partial charge is 0.463 e. The highest BCUT2D eigenvalue weighted by molar-refractivity contribution is 5.86. The summed E-state index contributed by atoms with van der Waals surface area (Å²) < 4.78 is 10.1. The molecule has 0 aliphatic carbocycles. The molecule has 0 spiro atoms. The average molecular weight is 267 g/mol. The van der Waals surface area contributed by atoms with Crippen LogP contribution in [0.3, 0.4) is 0 Å². The number of likely N-dealkylation sites (tertiary alicyclic amines) is 1. The van der Waals surface area contributed by atoms with Crippen LogP contribution in [0.25, 0.3) is 0 Å². The van der Waals surface area contributed by atoms with Gasteiger partial charge in [0.15, 0.2) is 0 Å². The van der Waals surface area contributed by atoms with Gasteiger partial charge in [0.25, 0.3) is 0 Å². The van der Waals surface area contributed by atoms with E-state index in [-0.39, 0.29) is 17.9 Å². The second kappa shape index (κ2) is 5.75. The minimum absolute atomic E-state index is 0.0422. The molecule has 106 valence electrons. The molecule has 0 unspecified atom stereocenters. The maximum absolute atomic E-state index is 11.4. The van der Waals surface area contributed by atoms with Crippen LogP contribution in [0.2, 0.25) is 0 Å². The number of hydrogen-bond donors (Lipinski definition) is 1. The summed E-state index contributed by atoms with van der Waals surface area (Å²) in [5.74, 6) is 0.814. The molecule has 19 heavy (non-hydrogen) atoms. The van der Waals surface area contributed by atoms with Crippen molar-refractivity contribution in [1.29, 1.82) is 0 Å². The molecule has 2 heterocycles. The number of aliphatic hydroxyl groups is 1. The summed E-state index contributed by atoms with van der Waals surface area (Å²) in [6, 6.07) is 3.46. The highest BCUT2D eigenvalue weighted by Crippen LogP contribution is 2.27. The number of carbonyl (C=O) groups is 1. The zero-order valence-corrected chi connectivity index (χ0v) is 11.6. The quantitative estimate of drug-likeness (QED) is 0.846. The van der Waals surface area contributed by atoms with E-state index in [1.165, 1.54) is 7.11 Å². The number of ether oxygens (including phenoxy) is 1. The first kappa shape index (κ1) is 14.1. The monoisotopic (exact) mass is 267 g/mol. The van der Waals surface area contributed by atoms with E-state index in [4.69, 9.17) is 4.42 Å². The van der Waals surface area contributed by atoms with Crippen molar-refractivity contribution in [2.45, 2.75) is 32.4 Å². The predicted molar refractivity (Wildman–Crippen MR) is 69.8 cm³/mol. The Kier molecular flexibility index (Phi) is 4.27. The van der Waals surface area contributed by atoms with E-state index in [1.54, 1.807) is 12.1 Å². The Morgan fingerprint density at radius 2 is 2.32 bits per heavy atom. The molecule has 3 atom stereocenters. The zero-order valence-electron chi connectivity index (χ0n) is 11.6. The molecule has 2 rings (SSSR count). The van der Waals surface area contributed by atoms with Crippen LogP contribution in [0.1, 0.15) is 42.6 Å². The summed E-state index contributed by atoms with van der Waals surface area (Å²) in [7, 11) is 1.33. The predicted octanol–water partition coefficient (Wildman–Crippen LogP) is 1.83. The maximum atomic E-state index is 11.4. The fraction of sp³-hybridized carbons (Fsp3) is 0.643. The van der Waals surface area contributed by atoms with Gasteiger partial charge in [-0.15, -0.1) is 0 Å². The van der Waals surface area contributed by atoms with E-state index >= 15 is 0 Å². The second-order valence-electron chi connectivity index (χ2n) is 5.20. The van der Waals surface area contributed by atoms with Gasteiger partial charge < -0.3 is 14.3 Å². The molecule has 0 saturated carbocycles. The number of β-amino-alcohol motifs (C(OH)–C–C–N with tert-alkyl or cyclic N) is 1.